The molecule has 0 aromatic heterocycles. The number of nitrogen functional groups attached to an aromatic ring is 1. The highest BCUT2D eigenvalue weighted by Crippen LogP contribution is 2.30. The highest BCUT2D eigenvalue weighted by Gasteiger charge is 2.12. The van der Waals surface area contributed by atoms with Gasteiger partial charge in [-0.25, -0.2) is 0 Å². The fourth-order valence-corrected chi connectivity index (χ4v) is 1.85. The Bertz CT molecular complexity index is 388. The van der Waals surface area contributed by atoms with Gasteiger partial charge in [0, 0.05) is 11.3 Å². The Morgan fingerprint density at radius 3 is 2.56 bits per heavy atom. The van der Waals surface area contributed by atoms with Crippen molar-refractivity contribution in [3.63, 3.8) is 0 Å². The van der Waals surface area contributed by atoms with Crippen LogP contribution in [0.3, 0.4) is 0 Å². The number of nitrogens with two attached hydrogens (primary N) is 1. The molecule has 1 rings (SSSR count). The van der Waals surface area contributed by atoms with Crippen LogP contribution in [0.1, 0.15) is 55.5 Å². The Balaban J connectivity index is 2.98. The molecule has 0 saturated heterocycles. The predicted octanol–water partition coefficient (Wildman–Crippen LogP) is 3.60. The lowest BCUT2D eigenvalue weighted by molar-refractivity contribution is 0.111. The summed E-state index contributed by atoms with van der Waals surface area (Å²) in [5.74, 6) is 0.687. The fraction of sp³-hybridized carbons (Fsp3) is 0.533. The van der Waals surface area contributed by atoms with Crippen LogP contribution >= 0.6 is 0 Å². The lowest BCUT2D eigenvalue weighted by atomic mass is 10.0. The lowest BCUT2D eigenvalue weighted by Gasteiger charge is -2.15. The molecular weight excluding hydrogens is 226 g/mol. The van der Waals surface area contributed by atoms with Crippen molar-refractivity contribution in [2.75, 3.05) is 12.3 Å². The molecule has 1 aromatic rings. The van der Waals surface area contributed by atoms with E-state index in [0.29, 0.717) is 17.9 Å². The van der Waals surface area contributed by atoms with Crippen molar-refractivity contribution in [1.29, 1.82) is 0 Å². The molecule has 3 nitrogen and oxygen atoms in total. The van der Waals surface area contributed by atoms with Gasteiger partial charge in [0.05, 0.1) is 12.2 Å². The van der Waals surface area contributed by atoms with Gasteiger partial charge < -0.3 is 10.5 Å². The zero-order chi connectivity index (χ0) is 13.4. The van der Waals surface area contributed by atoms with Gasteiger partial charge in [-0.3, -0.25) is 4.79 Å². The largest absolute Gasteiger partial charge is 0.492 e. The summed E-state index contributed by atoms with van der Waals surface area (Å²) in [7, 11) is 0. The zero-order valence-corrected chi connectivity index (χ0v) is 11.4. The Morgan fingerprint density at radius 2 is 1.94 bits per heavy atom. The normalized spacial score (nSPS) is 10.3. The van der Waals surface area contributed by atoms with E-state index in [1.165, 1.54) is 0 Å². The average molecular weight is 249 g/mol. The minimum Gasteiger partial charge on any atom is -0.492 e. The van der Waals surface area contributed by atoms with Crippen molar-refractivity contribution in [1.82, 2.24) is 0 Å². The highest BCUT2D eigenvalue weighted by molar-refractivity contribution is 5.82. The summed E-state index contributed by atoms with van der Waals surface area (Å²) in [5, 5.41) is 0. The first kappa shape index (κ1) is 14.6. The molecule has 0 aliphatic carbocycles. The Hall–Kier alpha value is -1.51. The van der Waals surface area contributed by atoms with Crippen LogP contribution in [0.2, 0.25) is 0 Å². The molecule has 1 aromatic carbocycles. The van der Waals surface area contributed by atoms with E-state index in [9.17, 15) is 4.79 Å². The molecule has 0 saturated carbocycles. The van der Waals surface area contributed by atoms with E-state index < -0.39 is 0 Å². The van der Waals surface area contributed by atoms with Crippen LogP contribution in [-0.2, 0) is 6.42 Å². The molecule has 0 unspecified atom stereocenters. The monoisotopic (exact) mass is 249 g/mol. The van der Waals surface area contributed by atoms with E-state index in [1.807, 2.05) is 0 Å². The topological polar surface area (TPSA) is 52.3 Å². The quantitative estimate of drug-likeness (QED) is 0.435. The second-order valence-corrected chi connectivity index (χ2v) is 4.48. The SMILES string of the molecule is CCCCOc1c(C=O)ccc(N)c1CCCC. The summed E-state index contributed by atoms with van der Waals surface area (Å²) >= 11 is 0. The summed E-state index contributed by atoms with van der Waals surface area (Å²) in [6.07, 6.45) is 5.92. The van der Waals surface area contributed by atoms with E-state index in [0.717, 1.165) is 49.6 Å². The second kappa shape index (κ2) is 7.75. The smallest absolute Gasteiger partial charge is 0.153 e. The molecule has 0 amide bonds. The summed E-state index contributed by atoms with van der Waals surface area (Å²) in [6.45, 7) is 4.89. The molecule has 0 aliphatic rings. The van der Waals surface area contributed by atoms with Crippen LogP contribution in [0.5, 0.6) is 5.75 Å². The lowest BCUT2D eigenvalue weighted by Crippen LogP contribution is -2.06. The van der Waals surface area contributed by atoms with E-state index in [2.05, 4.69) is 13.8 Å². The van der Waals surface area contributed by atoms with Crippen LogP contribution in [0.15, 0.2) is 12.1 Å². The van der Waals surface area contributed by atoms with Gasteiger partial charge in [0.15, 0.2) is 6.29 Å². The maximum absolute atomic E-state index is 11.1. The first-order valence-corrected chi connectivity index (χ1v) is 6.73. The molecule has 0 heterocycles. The number of carbonyl (C=O) groups is 1. The summed E-state index contributed by atoms with van der Waals surface area (Å²) in [5.41, 5.74) is 8.30. The van der Waals surface area contributed by atoms with Gasteiger partial charge in [-0.2, -0.15) is 0 Å². The first-order valence-electron chi connectivity index (χ1n) is 6.73. The van der Waals surface area contributed by atoms with Crippen LogP contribution in [-0.4, -0.2) is 12.9 Å². The summed E-state index contributed by atoms with van der Waals surface area (Å²) < 4.78 is 5.77. The number of hydrogen-bond acceptors (Lipinski definition) is 3. The number of carbonyl (C=O) groups excluding carboxylic acids is 1. The van der Waals surface area contributed by atoms with E-state index in [-0.39, 0.29) is 0 Å². The Morgan fingerprint density at radius 1 is 1.22 bits per heavy atom. The molecule has 18 heavy (non-hydrogen) atoms. The van der Waals surface area contributed by atoms with Gasteiger partial charge in [-0.1, -0.05) is 26.7 Å². The number of ether oxygens (including phenoxy) is 1. The van der Waals surface area contributed by atoms with Gasteiger partial charge >= 0.3 is 0 Å². The van der Waals surface area contributed by atoms with E-state index in [1.54, 1.807) is 12.1 Å². The predicted molar refractivity (Wildman–Crippen MR) is 75.3 cm³/mol. The van der Waals surface area contributed by atoms with Crippen molar-refractivity contribution in [3.05, 3.63) is 23.3 Å². The van der Waals surface area contributed by atoms with Crippen molar-refractivity contribution in [2.24, 2.45) is 0 Å². The maximum atomic E-state index is 11.1. The third-order valence-corrected chi connectivity index (χ3v) is 2.98. The molecule has 2 N–H and O–H groups in total. The molecule has 3 heteroatoms. The number of anilines is 1. The number of benzene rings is 1. The minimum atomic E-state index is 0.603. The van der Waals surface area contributed by atoms with Crippen molar-refractivity contribution < 1.29 is 9.53 Å². The van der Waals surface area contributed by atoms with E-state index in [4.69, 9.17) is 10.5 Å². The molecule has 0 fully saturated rings. The van der Waals surface area contributed by atoms with Crippen molar-refractivity contribution in [2.45, 2.75) is 46.0 Å². The minimum absolute atomic E-state index is 0.603. The molecule has 0 spiro atoms. The molecular formula is C15H23NO2. The number of aldehydes is 1. The van der Waals surface area contributed by atoms with E-state index >= 15 is 0 Å². The van der Waals surface area contributed by atoms with Gasteiger partial charge in [0.1, 0.15) is 5.75 Å². The molecule has 0 atom stereocenters. The third-order valence-electron chi connectivity index (χ3n) is 2.98. The number of hydrogen-bond donors (Lipinski definition) is 1. The standard InChI is InChI=1S/C15H23NO2/c1-3-5-7-13-14(16)9-8-12(11-17)15(13)18-10-6-4-2/h8-9,11H,3-7,10,16H2,1-2H3. The van der Waals surface area contributed by atoms with Gasteiger partial charge in [-0.05, 0) is 31.4 Å². The number of unbranched alkanes of at least 4 members (excludes halogenated alkanes) is 2. The third kappa shape index (κ3) is 3.76. The van der Waals surface area contributed by atoms with Gasteiger partial charge in [0.25, 0.3) is 0 Å². The highest BCUT2D eigenvalue weighted by atomic mass is 16.5. The summed E-state index contributed by atoms with van der Waals surface area (Å²) in [6, 6.07) is 3.53. The summed E-state index contributed by atoms with van der Waals surface area (Å²) in [4.78, 5) is 11.1. The van der Waals surface area contributed by atoms with Gasteiger partial charge in [-0.15, -0.1) is 0 Å². The Labute approximate surface area is 109 Å². The molecule has 0 radical (unpaired) electrons. The molecule has 0 bridgehead atoms. The average Bonchev–Trinajstić information content (AvgIpc) is 2.38. The molecule has 100 valence electrons. The van der Waals surface area contributed by atoms with Gasteiger partial charge in [0.2, 0.25) is 0 Å². The van der Waals surface area contributed by atoms with Crippen LogP contribution in [0.4, 0.5) is 5.69 Å². The first-order chi connectivity index (χ1) is 8.74. The van der Waals surface area contributed by atoms with Crippen molar-refractivity contribution in [3.8, 4) is 5.75 Å². The van der Waals surface area contributed by atoms with Crippen LogP contribution in [0.25, 0.3) is 0 Å². The maximum Gasteiger partial charge on any atom is 0.153 e. The zero-order valence-electron chi connectivity index (χ0n) is 11.4. The Kier molecular flexibility index (Phi) is 6.26. The van der Waals surface area contributed by atoms with Crippen molar-refractivity contribution >= 4 is 12.0 Å². The number of rotatable bonds is 8. The fourth-order valence-electron chi connectivity index (χ4n) is 1.85. The van der Waals surface area contributed by atoms with Crippen LogP contribution in [0, 0.1) is 0 Å². The van der Waals surface area contributed by atoms with Crippen LogP contribution < -0.4 is 10.5 Å². The molecule has 0 aliphatic heterocycles. The second-order valence-electron chi connectivity index (χ2n) is 4.48.